The zero-order valence-electron chi connectivity index (χ0n) is 9.72. The Bertz CT molecular complexity index is 365. The molecule has 1 aromatic rings. The second kappa shape index (κ2) is 5.95. The van der Waals surface area contributed by atoms with Gasteiger partial charge in [0.15, 0.2) is 5.84 Å². The van der Waals surface area contributed by atoms with Crippen LogP contribution in [0.2, 0.25) is 0 Å². The van der Waals surface area contributed by atoms with Crippen molar-refractivity contribution in [2.24, 2.45) is 10.9 Å². The van der Waals surface area contributed by atoms with E-state index in [-0.39, 0.29) is 5.84 Å². The van der Waals surface area contributed by atoms with E-state index in [1.54, 1.807) is 6.20 Å². The average Bonchev–Trinajstić information content (AvgIpc) is 2.35. The quantitative estimate of drug-likeness (QED) is 0.342. The van der Waals surface area contributed by atoms with E-state index in [0.717, 1.165) is 25.2 Å². The van der Waals surface area contributed by atoms with Crippen LogP contribution in [0.1, 0.15) is 26.0 Å². The van der Waals surface area contributed by atoms with Crippen molar-refractivity contribution in [3.8, 4) is 0 Å². The highest BCUT2D eigenvalue weighted by molar-refractivity contribution is 6.00. The van der Waals surface area contributed by atoms with Gasteiger partial charge in [0.1, 0.15) is 5.69 Å². The van der Waals surface area contributed by atoms with E-state index in [4.69, 9.17) is 10.9 Å². The summed E-state index contributed by atoms with van der Waals surface area (Å²) in [6.07, 6.45) is 2.68. The molecular formula is C11H18N4O. The molecule has 0 amide bonds. The summed E-state index contributed by atoms with van der Waals surface area (Å²) in [6, 6.07) is 3.78. The monoisotopic (exact) mass is 222 g/mol. The molecule has 0 unspecified atom stereocenters. The number of nitrogens with zero attached hydrogens (tertiary/aromatic N) is 3. The van der Waals surface area contributed by atoms with Crippen LogP contribution >= 0.6 is 0 Å². The number of amidine groups is 1. The first-order chi connectivity index (χ1) is 7.74. The van der Waals surface area contributed by atoms with E-state index in [9.17, 15) is 0 Å². The minimum atomic E-state index is 0.0464. The molecule has 3 N–H and O–H groups in total. The Morgan fingerprint density at radius 2 is 2.31 bits per heavy atom. The van der Waals surface area contributed by atoms with Crippen LogP contribution in [0.5, 0.6) is 0 Å². The summed E-state index contributed by atoms with van der Waals surface area (Å²) in [6.45, 7) is 5.97. The molecule has 0 aliphatic heterocycles. The van der Waals surface area contributed by atoms with Crippen molar-refractivity contribution in [3.05, 3.63) is 24.0 Å². The lowest BCUT2D eigenvalue weighted by atomic mass is 10.2. The molecular weight excluding hydrogens is 204 g/mol. The molecule has 0 saturated heterocycles. The fourth-order valence-corrected chi connectivity index (χ4v) is 1.62. The largest absolute Gasteiger partial charge is 0.409 e. The molecule has 0 aliphatic rings. The fraction of sp³-hybridized carbons (Fsp3) is 0.455. The van der Waals surface area contributed by atoms with E-state index in [0.29, 0.717) is 5.69 Å². The Balaban J connectivity index is 3.10. The molecule has 1 rings (SSSR count). The molecule has 0 radical (unpaired) electrons. The molecule has 0 saturated carbocycles. The number of hydrogen-bond donors (Lipinski definition) is 2. The number of aromatic nitrogens is 1. The molecule has 5 nitrogen and oxygen atoms in total. The fourth-order valence-electron chi connectivity index (χ4n) is 1.62. The predicted octanol–water partition coefficient (Wildman–Crippen LogP) is 1.41. The van der Waals surface area contributed by atoms with E-state index in [1.807, 2.05) is 12.1 Å². The van der Waals surface area contributed by atoms with Crippen molar-refractivity contribution in [2.75, 3.05) is 18.0 Å². The van der Waals surface area contributed by atoms with E-state index in [2.05, 4.69) is 28.9 Å². The van der Waals surface area contributed by atoms with E-state index in [1.165, 1.54) is 0 Å². The molecule has 5 heteroatoms. The first-order valence-electron chi connectivity index (χ1n) is 5.42. The van der Waals surface area contributed by atoms with Gasteiger partial charge in [0.05, 0.1) is 5.69 Å². The van der Waals surface area contributed by atoms with Crippen LogP contribution in [0.4, 0.5) is 5.69 Å². The van der Waals surface area contributed by atoms with Crippen molar-refractivity contribution in [2.45, 2.75) is 20.3 Å². The molecule has 0 aromatic carbocycles. The lowest BCUT2D eigenvalue weighted by Gasteiger charge is -2.23. The smallest absolute Gasteiger partial charge is 0.190 e. The number of oxime groups is 1. The lowest BCUT2D eigenvalue weighted by Crippen LogP contribution is -2.28. The van der Waals surface area contributed by atoms with Gasteiger partial charge in [-0.15, -0.1) is 0 Å². The van der Waals surface area contributed by atoms with Crippen LogP contribution in [0, 0.1) is 0 Å². The predicted molar refractivity (Wildman–Crippen MR) is 64.9 cm³/mol. The second-order valence-electron chi connectivity index (χ2n) is 3.44. The number of hydrogen-bond acceptors (Lipinski definition) is 4. The molecule has 0 fully saturated rings. The van der Waals surface area contributed by atoms with Crippen LogP contribution in [0.3, 0.4) is 0 Å². The van der Waals surface area contributed by atoms with Crippen molar-refractivity contribution in [3.63, 3.8) is 0 Å². The van der Waals surface area contributed by atoms with Gasteiger partial charge >= 0.3 is 0 Å². The van der Waals surface area contributed by atoms with Crippen LogP contribution in [0.15, 0.2) is 23.5 Å². The molecule has 0 spiro atoms. The third kappa shape index (κ3) is 2.62. The highest BCUT2D eigenvalue weighted by Gasteiger charge is 2.12. The average molecular weight is 222 g/mol. The zero-order valence-corrected chi connectivity index (χ0v) is 9.72. The van der Waals surface area contributed by atoms with Gasteiger partial charge in [0.2, 0.25) is 0 Å². The Hall–Kier alpha value is -1.78. The summed E-state index contributed by atoms with van der Waals surface area (Å²) in [5, 5.41) is 11.7. The Morgan fingerprint density at radius 3 is 2.88 bits per heavy atom. The van der Waals surface area contributed by atoms with E-state index < -0.39 is 0 Å². The summed E-state index contributed by atoms with van der Waals surface area (Å²) in [4.78, 5) is 6.30. The molecule has 88 valence electrons. The number of pyridine rings is 1. The van der Waals surface area contributed by atoms with Gasteiger partial charge in [-0.3, -0.25) is 4.98 Å². The third-order valence-corrected chi connectivity index (χ3v) is 2.35. The van der Waals surface area contributed by atoms with Crippen LogP contribution in [-0.4, -0.2) is 29.1 Å². The Kier molecular flexibility index (Phi) is 4.57. The van der Waals surface area contributed by atoms with E-state index >= 15 is 0 Å². The van der Waals surface area contributed by atoms with Gasteiger partial charge in [-0.25, -0.2) is 0 Å². The molecule has 1 aromatic heterocycles. The van der Waals surface area contributed by atoms with Crippen molar-refractivity contribution < 1.29 is 5.21 Å². The first kappa shape index (κ1) is 12.3. The maximum atomic E-state index is 8.70. The summed E-state index contributed by atoms with van der Waals surface area (Å²) >= 11 is 0. The lowest BCUT2D eigenvalue weighted by molar-refractivity contribution is 0.318. The summed E-state index contributed by atoms with van der Waals surface area (Å²) in [5.41, 5.74) is 7.03. The van der Waals surface area contributed by atoms with Crippen LogP contribution in [0.25, 0.3) is 0 Å². The number of nitrogens with two attached hydrogens (primary N) is 1. The van der Waals surface area contributed by atoms with Gasteiger partial charge < -0.3 is 15.8 Å². The van der Waals surface area contributed by atoms with Gasteiger partial charge in [-0.1, -0.05) is 12.1 Å². The topological polar surface area (TPSA) is 74.7 Å². The van der Waals surface area contributed by atoms with Gasteiger partial charge in [-0.05, 0) is 25.5 Å². The van der Waals surface area contributed by atoms with Crippen LogP contribution in [-0.2, 0) is 0 Å². The highest BCUT2D eigenvalue weighted by atomic mass is 16.4. The minimum Gasteiger partial charge on any atom is -0.409 e. The maximum absolute atomic E-state index is 8.70. The second-order valence-corrected chi connectivity index (χ2v) is 3.44. The van der Waals surface area contributed by atoms with Gasteiger partial charge in [-0.2, -0.15) is 0 Å². The summed E-state index contributed by atoms with van der Waals surface area (Å²) in [7, 11) is 0. The SMILES string of the molecule is CCCN(CC)c1cccnc1/C(N)=N/O. The Morgan fingerprint density at radius 1 is 1.56 bits per heavy atom. The summed E-state index contributed by atoms with van der Waals surface area (Å²) in [5.74, 6) is 0.0464. The highest BCUT2D eigenvalue weighted by Crippen LogP contribution is 2.18. The van der Waals surface area contributed by atoms with Gasteiger partial charge in [0.25, 0.3) is 0 Å². The molecule has 1 heterocycles. The normalized spacial score (nSPS) is 11.5. The van der Waals surface area contributed by atoms with Crippen molar-refractivity contribution in [1.82, 2.24) is 4.98 Å². The molecule has 0 aliphatic carbocycles. The molecule has 0 bridgehead atoms. The first-order valence-corrected chi connectivity index (χ1v) is 5.42. The van der Waals surface area contributed by atoms with Crippen molar-refractivity contribution >= 4 is 11.5 Å². The maximum Gasteiger partial charge on any atom is 0.190 e. The van der Waals surface area contributed by atoms with Gasteiger partial charge in [0, 0.05) is 19.3 Å². The van der Waals surface area contributed by atoms with Crippen LogP contribution < -0.4 is 10.6 Å². The number of rotatable bonds is 5. The third-order valence-electron chi connectivity index (χ3n) is 2.35. The molecule has 16 heavy (non-hydrogen) atoms. The van der Waals surface area contributed by atoms with Crippen molar-refractivity contribution in [1.29, 1.82) is 0 Å². The zero-order chi connectivity index (χ0) is 12.0. The minimum absolute atomic E-state index is 0.0464. The Labute approximate surface area is 95.6 Å². The molecule has 0 atom stereocenters. The summed E-state index contributed by atoms with van der Waals surface area (Å²) < 4.78 is 0. The number of anilines is 1. The standard InChI is InChI=1S/C11H18N4O/c1-3-8-15(4-2)9-6-5-7-13-10(9)11(12)14-16/h5-7,16H,3-4,8H2,1-2H3,(H2,12,14).